The number of phenols is 2. The summed E-state index contributed by atoms with van der Waals surface area (Å²) >= 11 is 0. The van der Waals surface area contributed by atoms with Crippen molar-refractivity contribution < 1.29 is 79.5 Å². The summed E-state index contributed by atoms with van der Waals surface area (Å²) in [5.41, 5.74) is 0.447. The third kappa shape index (κ3) is 5.96. The number of benzene rings is 2. The molecule has 5 rings (SSSR count). The van der Waals surface area contributed by atoms with Crippen molar-refractivity contribution in [1.29, 1.82) is 0 Å². The smallest absolute Gasteiger partial charge is 0.229 e. The molecule has 16 heteroatoms. The topological polar surface area (TPSA) is 258 Å². The monoisotopic (exact) mass is 626 g/mol. The second-order valence-electron chi connectivity index (χ2n) is 10.5. The van der Waals surface area contributed by atoms with Gasteiger partial charge in [-0.05, 0) is 18.2 Å². The summed E-state index contributed by atoms with van der Waals surface area (Å²) in [5, 5.41) is 102. The van der Waals surface area contributed by atoms with Gasteiger partial charge in [-0.25, -0.2) is 0 Å². The van der Waals surface area contributed by atoms with Crippen LogP contribution in [-0.4, -0.2) is 133 Å². The van der Waals surface area contributed by atoms with E-state index in [1.807, 2.05) is 0 Å². The Morgan fingerprint density at radius 3 is 1.86 bits per heavy atom. The Kier molecular flexibility index (Phi) is 9.38. The molecule has 3 aliphatic heterocycles. The Morgan fingerprint density at radius 2 is 1.30 bits per heavy atom. The normalized spacial score (nSPS) is 35.2. The van der Waals surface area contributed by atoms with E-state index in [4.69, 9.17) is 28.4 Å². The summed E-state index contributed by atoms with van der Waals surface area (Å²) < 4.78 is 34.0. The molecule has 0 spiro atoms. The minimum atomic E-state index is -1.78. The Morgan fingerprint density at radius 1 is 0.705 bits per heavy atom. The van der Waals surface area contributed by atoms with Gasteiger partial charge in [0.25, 0.3) is 0 Å². The number of aliphatic hydroxyl groups excluding tert-OH is 8. The first kappa shape index (κ1) is 32.0. The third-order valence-corrected chi connectivity index (χ3v) is 7.58. The number of ether oxygens (including phenoxy) is 6. The fourth-order valence-corrected chi connectivity index (χ4v) is 5.10. The average molecular weight is 627 g/mol. The van der Waals surface area contributed by atoms with Crippen LogP contribution in [0.15, 0.2) is 36.1 Å². The average Bonchev–Trinajstić information content (AvgIpc) is 3.01. The van der Waals surface area contributed by atoms with Crippen molar-refractivity contribution >= 4 is 6.08 Å². The largest absolute Gasteiger partial charge is 0.508 e. The van der Waals surface area contributed by atoms with Crippen LogP contribution in [0.4, 0.5) is 0 Å². The fourth-order valence-electron chi connectivity index (χ4n) is 5.10. The van der Waals surface area contributed by atoms with Crippen molar-refractivity contribution in [2.24, 2.45) is 0 Å². The number of hydrogen-bond donors (Lipinski definition) is 10. The highest BCUT2D eigenvalue weighted by atomic mass is 16.7. The molecule has 2 aromatic carbocycles. The molecule has 2 saturated heterocycles. The van der Waals surface area contributed by atoms with Gasteiger partial charge < -0.3 is 79.5 Å². The predicted molar refractivity (Wildman–Crippen MR) is 143 cm³/mol. The van der Waals surface area contributed by atoms with Crippen LogP contribution in [0.25, 0.3) is 6.08 Å². The lowest BCUT2D eigenvalue weighted by Gasteiger charge is -2.41. The van der Waals surface area contributed by atoms with Crippen LogP contribution >= 0.6 is 0 Å². The molecule has 2 fully saturated rings. The van der Waals surface area contributed by atoms with Crippen molar-refractivity contribution in [3.63, 3.8) is 0 Å². The molecule has 0 saturated carbocycles. The number of methoxy groups -OCH3 is 1. The van der Waals surface area contributed by atoms with Crippen LogP contribution in [0, 0.1) is 0 Å². The van der Waals surface area contributed by atoms with Crippen LogP contribution in [0.2, 0.25) is 0 Å². The SMILES string of the molecule is COc1cc(C2Oc3cc(O)cc(O[C@@H]4O[C@H](CO)[C@@H](O)[C@H](O)[C@H]4O)c3C=C2O[C@@H]2O[C@H](CO)[C@@H](O)[C@H](O)[C@H]2O)ccc1O. The summed E-state index contributed by atoms with van der Waals surface area (Å²) in [6.45, 7) is -1.42. The second kappa shape index (κ2) is 12.9. The molecule has 2 aromatic rings. The predicted octanol–water partition coefficient (Wildman–Crippen LogP) is -2.42. The molecule has 0 radical (unpaired) electrons. The van der Waals surface area contributed by atoms with Crippen molar-refractivity contribution in [2.75, 3.05) is 20.3 Å². The zero-order valence-electron chi connectivity index (χ0n) is 23.2. The first-order valence-corrected chi connectivity index (χ1v) is 13.5. The van der Waals surface area contributed by atoms with Crippen molar-refractivity contribution in [3.05, 3.63) is 47.2 Å². The molecule has 0 amide bonds. The molecule has 0 aromatic heterocycles. The van der Waals surface area contributed by atoms with E-state index in [-0.39, 0.29) is 40.1 Å². The maximum absolute atomic E-state index is 10.6. The lowest BCUT2D eigenvalue weighted by molar-refractivity contribution is -0.293. The first-order chi connectivity index (χ1) is 21.0. The molecule has 0 aliphatic carbocycles. The van der Waals surface area contributed by atoms with Gasteiger partial charge in [-0.15, -0.1) is 0 Å². The quantitative estimate of drug-likeness (QED) is 0.146. The molecule has 1 unspecified atom stereocenters. The van der Waals surface area contributed by atoms with Gasteiger partial charge in [0.2, 0.25) is 12.6 Å². The van der Waals surface area contributed by atoms with Crippen molar-refractivity contribution in [1.82, 2.24) is 0 Å². The Balaban J connectivity index is 1.55. The van der Waals surface area contributed by atoms with Crippen LogP contribution in [0.3, 0.4) is 0 Å². The lowest BCUT2D eigenvalue weighted by Crippen LogP contribution is -2.60. The zero-order chi connectivity index (χ0) is 31.9. The van der Waals surface area contributed by atoms with E-state index in [2.05, 4.69) is 0 Å². The number of phenolic OH excluding ortho intramolecular Hbond substituents is 2. The molecular weight excluding hydrogens is 592 g/mol. The lowest BCUT2D eigenvalue weighted by atomic mass is 9.98. The standard InChI is InChI=1S/C28H34O16/c1-39-16-4-10(2-3-13(16)32)26-17(42-28-25(38)23(36)21(34)19(9-30)44-28)7-12-14(40-26)5-11(31)6-15(12)41-27-24(37)22(35)20(33)18(8-29)43-27/h2-7,18-38H,8-9H2,1H3/t18-,19-,20-,21-,22+,23+,24-,25-,26?,27-,28-/m1/s1. The Hall–Kier alpha value is -3.42. The van der Waals surface area contributed by atoms with E-state index >= 15 is 0 Å². The van der Waals surface area contributed by atoms with Crippen molar-refractivity contribution in [3.8, 4) is 28.7 Å². The molecule has 242 valence electrons. The van der Waals surface area contributed by atoms with E-state index < -0.39 is 80.7 Å². The molecule has 3 heterocycles. The first-order valence-electron chi connectivity index (χ1n) is 13.5. The number of rotatable bonds is 8. The van der Waals surface area contributed by atoms with E-state index in [1.54, 1.807) is 0 Å². The van der Waals surface area contributed by atoms with E-state index in [0.717, 1.165) is 6.07 Å². The maximum Gasteiger partial charge on any atom is 0.229 e. The number of fused-ring (bicyclic) bond motifs is 1. The molecule has 0 bridgehead atoms. The van der Waals surface area contributed by atoms with Crippen LogP contribution in [0.5, 0.6) is 28.7 Å². The molecule has 16 nitrogen and oxygen atoms in total. The van der Waals surface area contributed by atoms with Crippen LogP contribution in [0.1, 0.15) is 17.2 Å². The zero-order valence-corrected chi connectivity index (χ0v) is 23.2. The Bertz CT molecular complexity index is 1350. The summed E-state index contributed by atoms with van der Waals surface area (Å²) in [7, 11) is 1.33. The third-order valence-electron chi connectivity index (χ3n) is 7.58. The highest BCUT2D eigenvalue weighted by molar-refractivity contribution is 5.70. The van der Waals surface area contributed by atoms with Crippen LogP contribution in [-0.2, 0) is 14.2 Å². The van der Waals surface area contributed by atoms with E-state index in [0.29, 0.717) is 5.56 Å². The molecule has 3 aliphatic rings. The summed E-state index contributed by atoms with van der Waals surface area (Å²) in [6.07, 6.45) is -16.0. The van der Waals surface area contributed by atoms with E-state index in [1.165, 1.54) is 37.5 Å². The highest BCUT2D eigenvalue weighted by Crippen LogP contribution is 2.46. The fraction of sp³-hybridized carbons (Fsp3) is 0.500. The summed E-state index contributed by atoms with van der Waals surface area (Å²) in [4.78, 5) is 0. The van der Waals surface area contributed by atoms with Crippen molar-refractivity contribution in [2.45, 2.75) is 67.5 Å². The van der Waals surface area contributed by atoms with Gasteiger partial charge in [0.05, 0.1) is 25.9 Å². The number of aromatic hydroxyl groups is 2. The summed E-state index contributed by atoms with van der Waals surface area (Å²) in [6, 6.07) is 6.61. The molecule has 11 atom stereocenters. The second-order valence-corrected chi connectivity index (χ2v) is 10.5. The minimum absolute atomic E-state index is 0.0165. The van der Waals surface area contributed by atoms with Gasteiger partial charge in [0.1, 0.15) is 71.8 Å². The Labute approximate surface area is 249 Å². The highest BCUT2D eigenvalue weighted by Gasteiger charge is 2.47. The number of hydrogen-bond acceptors (Lipinski definition) is 16. The number of aliphatic hydroxyl groups is 8. The van der Waals surface area contributed by atoms with Gasteiger partial charge in [-0.1, -0.05) is 6.07 Å². The van der Waals surface area contributed by atoms with Gasteiger partial charge in [0, 0.05) is 17.7 Å². The van der Waals surface area contributed by atoms with Gasteiger partial charge >= 0.3 is 0 Å². The van der Waals surface area contributed by atoms with Gasteiger partial charge in [0.15, 0.2) is 17.6 Å². The van der Waals surface area contributed by atoms with E-state index in [9.17, 15) is 51.1 Å². The summed E-state index contributed by atoms with van der Waals surface area (Å²) in [5.74, 6) is -0.688. The molecule has 44 heavy (non-hydrogen) atoms. The minimum Gasteiger partial charge on any atom is -0.508 e. The molecular formula is C28H34O16. The van der Waals surface area contributed by atoms with Crippen LogP contribution < -0.4 is 14.2 Å². The molecule has 10 N–H and O–H groups in total. The van der Waals surface area contributed by atoms with Gasteiger partial charge in [-0.2, -0.15) is 0 Å². The van der Waals surface area contributed by atoms with Gasteiger partial charge in [-0.3, -0.25) is 0 Å². The maximum atomic E-state index is 10.6.